The molecule has 0 aliphatic heterocycles. The summed E-state index contributed by atoms with van der Waals surface area (Å²) in [5, 5.41) is 23.1. The number of carbonyl (C=O) groups excluding carboxylic acids is 2. The first-order chi connectivity index (χ1) is 29.0. The van der Waals surface area contributed by atoms with Crippen LogP contribution in [0.5, 0.6) is 0 Å². The molecular formula is C53H99NO5. The molecule has 6 nitrogen and oxygen atoms in total. The van der Waals surface area contributed by atoms with Gasteiger partial charge in [-0.1, -0.05) is 204 Å². The second-order valence-corrected chi connectivity index (χ2v) is 17.5. The van der Waals surface area contributed by atoms with Gasteiger partial charge >= 0.3 is 5.97 Å². The van der Waals surface area contributed by atoms with Gasteiger partial charge in [0.2, 0.25) is 5.91 Å². The highest BCUT2D eigenvalue weighted by Gasteiger charge is 2.18. The van der Waals surface area contributed by atoms with E-state index in [-0.39, 0.29) is 18.5 Å². The molecular weight excluding hydrogens is 731 g/mol. The minimum absolute atomic E-state index is 0.0435. The lowest BCUT2D eigenvalue weighted by Gasteiger charge is -2.20. The highest BCUT2D eigenvalue weighted by molar-refractivity contribution is 5.76. The van der Waals surface area contributed by atoms with Crippen LogP contribution in [0.2, 0.25) is 0 Å². The molecule has 2 atom stereocenters. The molecule has 2 unspecified atom stereocenters. The zero-order valence-electron chi connectivity index (χ0n) is 39.2. The van der Waals surface area contributed by atoms with Gasteiger partial charge in [-0.2, -0.15) is 0 Å². The summed E-state index contributed by atoms with van der Waals surface area (Å²) >= 11 is 0. The van der Waals surface area contributed by atoms with Gasteiger partial charge < -0.3 is 20.3 Å². The Morgan fingerprint density at radius 3 is 1.24 bits per heavy atom. The number of amides is 1. The molecule has 0 aromatic carbocycles. The monoisotopic (exact) mass is 830 g/mol. The molecule has 59 heavy (non-hydrogen) atoms. The quantitative estimate of drug-likeness (QED) is 0.0323. The van der Waals surface area contributed by atoms with Crippen molar-refractivity contribution in [3.63, 3.8) is 0 Å². The Morgan fingerprint density at radius 2 is 0.797 bits per heavy atom. The highest BCUT2D eigenvalue weighted by Crippen LogP contribution is 2.15. The Labute approximate surface area is 366 Å². The van der Waals surface area contributed by atoms with Gasteiger partial charge in [-0.15, -0.1) is 0 Å². The molecule has 0 saturated heterocycles. The number of ether oxygens (including phenoxy) is 1. The molecule has 0 fully saturated rings. The summed E-state index contributed by atoms with van der Waals surface area (Å²) < 4.78 is 5.41. The smallest absolute Gasteiger partial charge is 0.305 e. The lowest BCUT2D eigenvalue weighted by Crippen LogP contribution is -2.45. The van der Waals surface area contributed by atoms with Crippen molar-refractivity contribution in [3.05, 3.63) is 36.5 Å². The fraction of sp³-hybridized carbons (Fsp3) is 0.849. The van der Waals surface area contributed by atoms with Crippen LogP contribution in [0.25, 0.3) is 0 Å². The van der Waals surface area contributed by atoms with Gasteiger partial charge in [-0.05, 0) is 83.5 Å². The number of esters is 1. The average Bonchev–Trinajstić information content (AvgIpc) is 3.24. The van der Waals surface area contributed by atoms with Crippen LogP contribution in [-0.2, 0) is 14.3 Å². The zero-order chi connectivity index (χ0) is 43.0. The van der Waals surface area contributed by atoms with Gasteiger partial charge in [-0.3, -0.25) is 9.59 Å². The topological polar surface area (TPSA) is 95.9 Å². The van der Waals surface area contributed by atoms with Crippen LogP contribution in [-0.4, -0.2) is 47.4 Å². The third kappa shape index (κ3) is 45.4. The predicted molar refractivity (Wildman–Crippen MR) is 255 cm³/mol. The lowest BCUT2D eigenvalue weighted by molar-refractivity contribution is -0.143. The second kappa shape index (κ2) is 48.7. The normalized spacial score (nSPS) is 12.9. The van der Waals surface area contributed by atoms with E-state index in [1.807, 2.05) is 6.08 Å². The fourth-order valence-corrected chi connectivity index (χ4v) is 7.62. The van der Waals surface area contributed by atoms with E-state index in [4.69, 9.17) is 4.74 Å². The number of allylic oxidation sites excluding steroid dienone is 5. The van der Waals surface area contributed by atoms with Crippen molar-refractivity contribution in [2.24, 2.45) is 0 Å². The van der Waals surface area contributed by atoms with E-state index < -0.39 is 12.1 Å². The van der Waals surface area contributed by atoms with E-state index in [0.29, 0.717) is 19.4 Å². The number of nitrogens with one attached hydrogen (secondary N) is 1. The third-order valence-electron chi connectivity index (χ3n) is 11.6. The molecule has 1 amide bonds. The van der Waals surface area contributed by atoms with Crippen LogP contribution in [0.15, 0.2) is 36.5 Å². The standard InChI is InChI=1S/C53H99NO5/c1-3-5-7-9-11-13-15-17-18-19-20-21-22-23-25-29-33-37-41-45-51(56)50(49-55)54-52(57)46-42-38-34-30-26-24-28-32-36-40-44-48-59-53(58)47-43-39-35-31-27-16-14-12-10-8-6-4-2/h12,14,28,32,41,45,50-51,55-56H,3-11,13,15-27,29-31,33-40,42-44,46-49H2,1-2H3,(H,54,57)/b14-12-,32-28-,45-41+. The summed E-state index contributed by atoms with van der Waals surface area (Å²) in [4.78, 5) is 24.4. The molecule has 0 aliphatic carbocycles. The Morgan fingerprint density at radius 1 is 0.458 bits per heavy atom. The largest absolute Gasteiger partial charge is 0.466 e. The number of unbranched alkanes of at least 4 members (excludes halogenated alkanes) is 32. The summed E-state index contributed by atoms with van der Waals surface area (Å²) in [5.41, 5.74) is 0. The Kier molecular flexibility index (Phi) is 47.2. The average molecular weight is 830 g/mol. The molecule has 0 rings (SSSR count). The predicted octanol–water partition coefficient (Wildman–Crippen LogP) is 15.3. The maximum atomic E-state index is 12.4. The molecule has 0 bridgehead atoms. The minimum Gasteiger partial charge on any atom is -0.466 e. The number of carbonyl (C=O) groups is 2. The SMILES string of the molecule is CCCCC/C=C\CCCCCCCC(=O)OCCCC/C=C\CCCCCCCC(=O)NC(CO)C(O)/C=C/CCCCCCCCCCCCCCCCCCC. The highest BCUT2D eigenvalue weighted by atomic mass is 16.5. The molecule has 0 aromatic heterocycles. The maximum absolute atomic E-state index is 12.4. The van der Waals surface area contributed by atoms with Crippen LogP contribution in [0.4, 0.5) is 0 Å². The van der Waals surface area contributed by atoms with Crippen molar-refractivity contribution in [1.29, 1.82) is 0 Å². The van der Waals surface area contributed by atoms with Crippen LogP contribution in [0, 0.1) is 0 Å². The third-order valence-corrected chi connectivity index (χ3v) is 11.6. The molecule has 0 heterocycles. The van der Waals surface area contributed by atoms with E-state index >= 15 is 0 Å². The van der Waals surface area contributed by atoms with Crippen molar-refractivity contribution in [2.75, 3.05) is 13.2 Å². The molecule has 6 heteroatoms. The number of rotatable bonds is 47. The first-order valence-electron chi connectivity index (χ1n) is 25.8. The summed E-state index contributed by atoms with van der Waals surface area (Å²) in [6.07, 6.45) is 58.6. The van der Waals surface area contributed by atoms with Crippen LogP contribution in [0.1, 0.15) is 264 Å². The van der Waals surface area contributed by atoms with Crippen molar-refractivity contribution >= 4 is 11.9 Å². The van der Waals surface area contributed by atoms with Gasteiger partial charge in [0, 0.05) is 12.8 Å². The summed E-state index contributed by atoms with van der Waals surface area (Å²) in [6.45, 7) is 4.80. The number of hydrogen-bond acceptors (Lipinski definition) is 5. The van der Waals surface area contributed by atoms with Crippen LogP contribution in [0.3, 0.4) is 0 Å². The number of aliphatic hydroxyl groups is 2. The van der Waals surface area contributed by atoms with Gasteiger partial charge in [0.25, 0.3) is 0 Å². The number of hydrogen-bond donors (Lipinski definition) is 3. The minimum atomic E-state index is -0.863. The van der Waals surface area contributed by atoms with E-state index in [9.17, 15) is 19.8 Å². The van der Waals surface area contributed by atoms with Crippen molar-refractivity contribution in [1.82, 2.24) is 5.32 Å². The lowest BCUT2D eigenvalue weighted by atomic mass is 10.0. The first kappa shape index (κ1) is 57.1. The Hall–Kier alpha value is -1.92. The first-order valence-corrected chi connectivity index (χ1v) is 25.8. The van der Waals surface area contributed by atoms with Crippen molar-refractivity contribution in [2.45, 2.75) is 276 Å². The van der Waals surface area contributed by atoms with Crippen LogP contribution >= 0.6 is 0 Å². The second-order valence-electron chi connectivity index (χ2n) is 17.5. The Balaban J connectivity index is 3.57. The van der Waals surface area contributed by atoms with Crippen molar-refractivity contribution < 1.29 is 24.5 Å². The molecule has 0 aliphatic rings. The summed E-state index contributed by atoms with van der Waals surface area (Å²) in [7, 11) is 0. The zero-order valence-corrected chi connectivity index (χ0v) is 39.2. The summed E-state index contributed by atoms with van der Waals surface area (Å²) in [5.74, 6) is -0.141. The van der Waals surface area contributed by atoms with Gasteiger partial charge in [0.1, 0.15) is 0 Å². The van der Waals surface area contributed by atoms with Gasteiger partial charge in [-0.25, -0.2) is 0 Å². The molecule has 346 valence electrons. The molecule has 0 radical (unpaired) electrons. The van der Waals surface area contributed by atoms with Crippen LogP contribution < -0.4 is 5.32 Å². The fourth-order valence-electron chi connectivity index (χ4n) is 7.62. The molecule has 0 saturated carbocycles. The summed E-state index contributed by atoms with van der Waals surface area (Å²) in [6, 6.07) is -0.650. The van der Waals surface area contributed by atoms with Crippen molar-refractivity contribution in [3.8, 4) is 0 Å². The number of aliphatic hydroxyl groups excluding tert-OH is 2. The van der Waals surface area contributed by atoms with E-state index in [0.717, 1.165) is 83.5 Å². The molecule has 0 spiro atoms. The molecule has 0 aromatic rings. The molecule has 3 N–H and O–H groups in total. The van der Waals surface area contributed by atoms with E-state index in [1.165, 1.54) is 154 Å². The van der Waals surface area contributed by atoms with Gasteiger partial charge in [0.15, 0.2) is 0 Å². The van der Waals surface area contributed by atoms with E-state index in [1.54, 1.807) is 6.08 Å². The Bertz CT molecular complexity index is 962. The van der Waals surface area contributed by atoms with E-state index in [2.05, 4.69) is 43.5 Å². The maximum Gasteiger partial charge on any atom is 0.305 e. The van der Waals surface area contributed by atoms with Gasteiger partial charge in [0.05, 0.1) is 25.4 Å².